The smallest absolute Gasteiger partial charge is 0.327 e. The molecule has 1 heterocycles. The van der Waals surface area contributed by atoms with Crippen molar-refractivity contribution in [3.63, 3.8) is 0 Å². The van der Waals surface area contributed by atoms with Crippen LogP contribution >= 0.6 is 24.0 Å². The molecule has 0 saturated carbocycles. The van der Waals surface area contributed by atoms with Crippen molar-refractivity contribution in [2.75, 3.05) is 0 Å². The molecule has 0 aromatic heterocycles. The first kappa shape index (κ1) is 20.3. The molecule has 2 aromatic carbocycles. The molecular formula is C22H21NO3S2. The Labute approximate surface area is 174 Å². The lowest BCUT2D eigenvalue weighted by Crippen LogP contribution is -2.45. The number of hydrogen-bond acceptors (Lipinski definition) is 4. The summed E-state index contributed by atoms with van der Waals surface area (Å²) >= 11 is 6.49. The Morgan fingerprint density at radius 1 is 1.14 bits per heavy atom. The predicted octanol–water partition coefficient (Wildman–Crippen LogP) is 4.71. The standard InChI is InChI=1S/C22H21NO3S2/c1-14(2)17-10-8-16(9-11-17)13-19-20(24)23(22(27)28-19)18(21(25)26)12-15-6-4-3-5-7-15/h3-11,13-14,18H,12H2,1-2H3,(H,25,26)/b19-13-/t18-/m0/s1. The second-order valence-corrected chi connectivity index (χ2v) is 8.59. The van der Waals surface area contributed by atoms with Gasteiger partial charge in [-0.1, -0.05) is 92.4 Å². The van der Waals surface area contributed by atoms with Gasteiger partial charge in [0.25, 0.3) is 5.91 Å². The van der Waals surface area contributed by atoms with E-state index in [1.54, 1.807) is 6.08 Å². The van der Waals surface area contributed by atoms with Crippen LogP contribution in [0.4, 0.5) is 0 Å². The van der Waals surface area contributed by atoms with E-state index in [-0.39, 0.29) is 16.6 Å². The second kappa shape index (κ2) is 8.71. The molecule has 4 nitrogen and oxygen atoms in total. The zero-order chi connectivity index (χ0) is 20.3. The fourth-order valence-corrected chi connectivity index (χ4v) is 4.36. The van der Waals surface area contributed by atoms with Gasteiger partial charge in [-0.05, 0) is 28.7 Å². The Balaban J connectivity index is 1.84. The molecule has 1 aliphatic heterocycles. The van der Waals surface area contributed by atoms with Crippen molar-refractivity contribution in [1.29, 1.82) is 0 Å². The zero-order valence-corrected chi connectivity index (χ0v) is 17.3. The maximum atomic E-state index is 12.9. The van der Waals surface area contributed by atoms with Gasteiger partial charge in [-0.3, -0.25) is 9.69 Å². The van der Waals surface area contributed by atoms with Crippen molar-refractivity contribution in [3.8, 4) is 0 Å². The van der Waals surface area contributed by atoms with Gasteiger partial charge in [0.1, 0.15) is 10.4 Å². The van der Waals surface area contributed by atoms with Gasteiger partial charge in [-0.15, -0.1) is 0 Å². The van der Waals surface area contributed by atoms with E-state index in [1.807, 2.05) is 54.6 Å². The summed E-state index contributed by atoms with van der Waals surface area (Å²) in [7, 11) is 0. The number of rotatable bonds is 6. The number of aliphatic carboxylic acids is 1. The minimum atomic E-state index is -1.07. The molecule has 2 aromatic rings. The van der Waals surface area contributed by atoms with Gasteiger partial charge < -0.3 is 5.11 Å². The molecular weight excluding hydrogens is 390 g/mol. The number of thiocarbonyl (C=S) groups is 1. The lowest BCUT2D eigenvalue weighted by atomic mass is 10.0. The molecule has 1 atom stereocenters. The van der Waals surface area contributed by atoms with Crippen molar-refractivity contribution >= 4 is 46.3 Å². The topological polar surface area (TPSA) is 57.6 Å². The lowest BCUT2D eigenvalue weighted by molar-refractivity contribution is -0.145. The summed E-state index contributed by atoms with van der Waals surface area (Å²) in [5, 5.41) is 9.71. The van der Waals surface area contributed by atoms with Gasteiger partial charge in [-0.2, -0.15) is 0 Å². The van der Waals surface area contributed by atoms with Gasteiger partial charge >= 0.3 is 5.97 Å². The highest BCUT2D eigenvalue weighted by Crippen LogP contribution is 2.35. The molecule has 0 radical (unpaired) electrons. The molecule has 6 heteroatoms. The van der Waals surface area contributed by atoms with Crippen LogP contribution in [0.15, 0.2) is 59.5 Å². The summed E-state index contributed by atoms with van der Waals surface area (Å²) in [5.41, 5.74) is 2.95. The first-order valence-electron chi connectivity index (χ1n) is 9.00. The number of thioether (sulfide) groups is 1. The van der Waals surface area contributed by atoms with Crippen molar-refractivity contribution in [1.82, 2.24) is 4.90 Å². The maximum Gasteiger partial charge on any atom is 0.327 e. The van der Waals surface area contributed by atoms with Crippen LogP contribution < -0.4 is 0 Å². The zero-order valence-electron chi connectivity index (χ0n) is 15.7. The molecule has 0 spiro atoms. The molecule has 1 amide bonds. The summed E-state index contributed by atoms with van der Waals surface area (Å²) < 4.78 is 0.276. The molecule has 28 heavy (non-hydrogen) atoms. The minimum Gasteiger partial charge on any atom is -0.480 e. The third kappa shape index (κ3) is 4.51. The first-order valence-corrected chi connectivity index (χ1v) is 10.2. The normalized spacial score (nSPS) is 16.8. The predicted molar refractivity (Wildman–Crippen MR) is 117 cm³/mol. The van der Waals surface area contributed by atoms with Crippen LogP contribution in [0.5, 0.6) is 0 Å². The van der Waals surface area contributed by atoms with E-state index in [1.165, 1.54) is 10.5 Å². The molecule has 3 rings (SSSR count). The maximum absolute atomic E-state index is 12.9. The van der Waals surface area contributed by atoms with E-state index in [0.29, 0.717) is 10.8 Å². The highest BCUT2D eigenvalue weighted by Gasteiger charge is 2.40. The Hall–Kier alpha value is -2.44. The van der Waals surface area contributed by atoms with Gasteiger partial charge in [0, 0.05) is 6.42 Å². The van der Waals surface area contributed by atoms with Crippen LogP contribution in [0.25, 0.3) is 6.08 Å². The van der Waals surface area contributed by atoms with Crippen LogP contribution in [0, 0.1) is 0 Å². The third-order valence-electron chi connectivity index (χ3n) is 4.59. The summed E-state index contributed by atoms with van der Waals surface area (Å²) in [6, 6.07) is 16.2. The second-order valence-electron chi connectivity index (χ2n) is 6.92. The highest BCUT2D eigenvalue weighted by molar-refractivity contribution is 8.26. The number of carboxylic acid groups (broad SMARTS) is 1. The van der Waals surface area contributed by atoms with Crippen LogP contribution in [0.2, 0.25) is 0 Å². The highest BCUT2D eigenvalue weighted by atomic mass is 32.2. The van der Waals surface area contributed by atoms with E-state index < -0.39 is 12.0 Å². The van der Waals surface area contributed by atoms with Gasteiger partial charge in [-0.25, -0.2) is 4.79 Å². The third-order valence-corrected chi connectivity index (χ3v) is 5.92. The Morgan fingerprint density at radius 3 is 2.36 bits per heavy atom. The molecule has 1 fully saturated rings. The van der Waals surface area contributed by atoms with Crippen LogP contribution in [0.1, 0.15) is 36.5 Å². The number of carbonyl (C=O) groups is 2. The summed E-state index contributed by atoms with van der Waals surface area (Å²) in [5.74, 6) is -0.990. The number of nitrogens with zero attached hydrogens (tertiary/aromatic N) is 1. The number of carboxylic acids is 1. The summed E-state index contributed by atoms with van der Waals surface area (Å²) in [6.45, 7) is 4.25. The van der Waals surface area contributed by atoms with Crippen molar-refractivity contribution in [2.24, 2.45) is 0 Å². The quantitative estimate of drug-likeness (QED) is 0.551. The fourth-order valence-electron chi connectivity index (χ4n) is 3.00. The van der Waals surface area contributed by atoms with Crippen molar-refractivity contribution in [2.45, 2.75) is 32.2 Å². The largest absolute Gasteiger partial charge is 0.480 e. The van der Waals surface area contributed by atoms with E-state index in [4.69, 9.17) is 12.2 Å². The van der Waals surface area contributed by atoms with E-state index >= 15 is 0 Å². The number of hydrogen-bond donors (Lipinski definition) is 1. The van der Waals surface area contributed by atoms with Crippen LogP contribution in [-0.4, -0.2) is 32.2 Å². The molecule has 1 aliphatic rings. The van der Waals surface area contributed by atoms with Crippen LogP contribution in [0.3, 0.4) is 0 Å². The average molecular weight is 412 g/mol. The molecule has 0 bridgehead atoms. The van der Waals surface area contributed by atoms with Gasteiger partial charge in [0.15, 0.2) is 0 Å². The molecule has 1 N–H and O–H groups in total. The fraction of sp³-hybridized carbons (Fsp3) is 0.227. The molecule has 0 unspecified atom stereocenters. The first-order chi connectivity index (χ1) is 13.4. The number of carbonyl (C=O) groups excluding carboxylic acids is 1. The Morgan fingerprint density at radius 2 is 1.79 bits per heavy atom. The van der Waals surface area contributed by atoms with E-state index in [0.717, 1.165) is 22.9 Å². The Kier molecular flexibility index (Phi) is 6.31. The van der Waals surface area contributed by atoms with Gasteiger partial charge in [0.2, 0.25) is 0 Å². The van der Waals surface area contributed by atoms with Crippen LogP contribution in [-0.2, 0) is 16.0 Å². The summed E-state index contributed by atoms with van der Waals surface area (Å²) in [4.78, 5) is 26.5. The molecule has 0 aliphatic carbocycles. The van der Waals surface area contributed by atoms with E-state index in [2.05, 4.69) is 13.8 Å². The summed E-state index contributed by atoms with van der Waals surface area (Å²) in [6.07, 6.45) is 1.98. The van der Waals surface area contributed by atoms with Gasteiger partial charge in [0.05, 0.1) is 4.91 Å². The molecule has 144 valence electrons. The number of amides is 1. The van der Waals surface area contributed by atoms with Crippen molar-refractivity contribution in [3.05, 3.63) is 76.2 Å². The average Bonchev–Trinajstić information content (AvgIpc) is 2.94. The van der Waals surface area contributed by atoms with E-state index in [9.17, 15) is 14.7 Å². The lowest BCUT2D eigenvalue weighted by Gasteiger charge is -2.23. The minimum absolute atomic E-state index is 0.207. The SMILES string of the molecule is CC(C)c1ccc(/C=C2\SC(=S)N([C@@H](Cc3ccccc3)C(=O)O)C2=O)cc1. The Bertz CT molecular complexity index is 921. The molecule has 1 saturated heterocycles. The monoisotopic (exact) mass is 411 g/mol. The van der Waals surface area contributed by atoms with Crippen molar-refractivity contribution < 1.29 is 14.7 Å². The number of benzene rings is 2.